The van der Waals surface area contributed by atoms with Crippen molar-refractivity contribution in [2.24, 2.45) is 0 Å². The van der Waals surface area contributed by atoms with Gasteiger partial charge in [-0.1, -0.05) is 6.07 Å². The number of nitrogens with zero attached hydrogens (tertiary/aromatic N) is 1. The van der Waals surface area contributed by atoms with Crippen molar-refractivity contribution < 1.29 is 9.90 Å². The van der Waals surface area contributed by atoms with E-state index >= 15 is 0 Å². The molecule has 0 radical (unpaired) electrons. The largest absolute Gasteiger partial charge is 0.508 e. The van der Waals surface area contributed by atoms with Gasteiger partial charge in [-0.05, 0) is 45.0 Å². The average molecular weight is 244 g/mol. The third-order valence-electron chi connectivity index (χ3n) is 2.39. The quantitative estimate of drug-likeness (QED) is 0.810. The molecule has 1 amide bonds. The highest BCUT2D eigenvalue weighted by atomic mass is 16.3. The number of nitrogens with one attached hydrogen (secondary N) is 1. The molecule has 2 N–H and O–H groups in total. The number of fused-ring (bicyclic) bond motifs is 1. The van der Waals surface area contributed by atoms with E-state index in [0.29, 0.717) is 11.2 Å². The van der Waals surface area contributed by atoms with Crippen LogP contribution >= 0.6 is 0 Å². The molecule has 0 spiro atoms. The lowest BCUT2D eigenvalue weighted by Gasteiger charge is -2.20. The number of rotatable bonds is 1. The molecule has 1 aromatic heterocycles. The fourth-order valence-electron chi connectivity index (χ4n) is 1.64. The topological polar surface area (TPSA) is 62.2 Å². The van der Waals surface area contributed by atoms with Crippen LogP contribution in [-0.2, 0) is 0 Å². The molecule has 0 aliphatic heterocycles. The molecule has 18 heavy (non-hydrogen) atoms. The minimum atomic E-state index is -0.289. The molecule has 0 fully saturated rings. The lowest BCUT2D eigenvalue weighted by Crippen LogP contribution is -2.40. The molecule has 0 atom stereocenters. The molecule has 0 aliphatic rings. The first-order valence-electron chi connectivity index (χ1n) is 5.77. The van der Waals surface area contributed by atoms with E-state index in [1.165, 1.54) is 0 Å². The minimum Gasteiger partial charge on any atom is -0.508 e. The molecule has 0 saturated heterocycles. The molecular weight excluding hydrogens is 228 g/mol. The molecule has 1 heterocycles. The van der Waals surface area contributed by atoms with Crippen LogP contribution in [0.1, 0.15) is 31.3 Å². The molecular formula is C14H16N2O2. The van der Waals surface area contributed by atoms with Gasteiger partial charge in [0.2, 0.25) is 0 Å². The van der Waals surface area contributed by atoms with Gasteiger partial charge in [0, 0.05) is 10.9 Å². The van der Waals surface area contributed by atoms with Gasteiger partial charge in [-0.2, -0.15) is 0 Å². The average Bonchev–Trinajstić information content (AvgIpc) is 2.26. The van der Waals surface area contributed by atoms with E-state index in [9.17, 15) is 9.90 Å². The number of hydrogen-bond acceptors (Lipinski definition) is 3. The van der Waals surface area contributed by atoms with Gasteiger partial charge in [-0.3, -0.25) is 4.79 Å². The maximum absolute atomic E-state index is 11.9. The Morgan fingerprint density at radius 3 is 2.61 bits per heavy atom. The molecule has 4 heteroatoms. The summed E-state index contributed by atoms with van der Waals surface area (Å²) in [5.41, 5.74) is 0.778. The SMILES string of the molecule is CC(C)(C)NC(=O)c1ccc2cc(O)ccc2n1. The Kier molecular flexibility index (Phi) is 2.95. The number of hydrogen-bond donors (Lipinski definition) is 2. The van der Waals surface area contributed by atoms with Crippen molar-refractivity contribution in [1.82, 2.24) is 10.3 Å². The maximum Gasteiger partial charge on any atom is 0.270 e. The molecule has 2 aromatic rings. The van der Waals surface area contributed by atoms with Crippen LogP contribution in [0.3, 0.4) is 0 Å². The number of aromatic nitrogens is 1. The number of amides is 1. The van der Waals surface area contributed by atoms with Crippen LogP contribution in [0.15, 0.2) is 30.3 Å². The van der Waals surface area contributed by atoms with Crippen molar-refractivity contribution in [3.63, 3.8) is 0 Å². The maximum atomic E-state index is 11.9. The van der Waals surface area contributed by atoms with E-state index in [0.717, 1.165) is 5.39 Å². The number of pyridine rings is 1. The van der Waals surface area contributed by atoms with Crippen LogP contribution in [0.25, 0.3) is 10.9 Å². The summed E-state index contributed by atoms with van der Waals surface area (Å²) in [6.07, 6.45) is 0. The van der Waals surface area contributed by atoms with Crippen LogP contribution in [0.2, 0.25) is 0 Å². The highest BCUT2D eigenvalue weighted by Crippen LogP contribution is 2.18. The minimum absolute atomic E-state index is 0.191. The Labute approximate surface area is 106 Å². The fraction of sp³-hybridized carbons (Fsp3) is 0.286. The molecule has 2 rings (SSSR count). The monoisotopic (exact) mass is 244 g/mol. The Balaban J connectivity index is 2.36. The first-order valence-corrected chi connectivity index (χ1v) is 5.77. The number of carbonyl (C=O) groups excluding carboxylic acids is 1. The zero-order valence-corrected chi connectivity index (χ0v) is 10.7. The van der Waals surface area contributed by atoms with Crippen LogP contribution in [0.4, 0.5) is 0 Å². The second-order valence-corrected chi connectivity index (χ2v) is 5.28. The lowest BCUT2D eigenvalue weighted by atomic mass is 10.1. The van der Waals surface area contributed by atoms with E-state index in [1.807, 2.05) is 20.8 Å². The van der Waals surface area contributed by atoms with Gasteiger partial charge in [0.1, 0.15) is 11.4 Å². The van der Waals surface area contributed by atoms with Crippen molar-refractivity contribution in [3.05, 3.63) is 36.0 Å². The summed E-state index contributed by atoms with van der Waals surface area (Å²) in [6, 6.07) is 8.30. The number of phenols is 1. The zero-order valence-electron chi connectivity index (χ0n) is 10.7. The van der Waals surface area contributed by atoms with Crippen molar-refractivity contribution in [1.29, 1.82) is 0 Å². The van der Waals surface area contributed by atoms with E-state index in [-0.39, 0.29) is 17.2 Å². The number of phenolic OH excluding ortho intramolecular Hbond substituents is 1. The molecule has 0 saturated carbocycles. The fourth-order valence-corrected chi connectivity index (χ4v) is 1.64. The summed E-state index contributed by atoms with van der Waals surface area (Å²) in [7, 11) is 0. The lowest BCUT2D eigenvalue weighted by molar-refractivity contribution is 0.0915. The van der Waals surface area contributed by atoms with Gasteiger partial charge in [0.25, 0.3) is 5.91 Å². The predicted molar refractivity (Wildman–Crippen MR) is 70.6 cm³/mol. The van der Waals surface area contributed by atoms with Crippen molar-refractivity contribution in [3.8, 4) is 5.75 Å². The molecule has 4 nitrogen and oxygen atoms in total. The Morgan fingerprint density at radius 1 is 1.22 bits per heavy atom. The molecule has 1 aromatic carbocycles. The Bertz CT molecular complexity index is 600. The summed E-state index contributed by atoms with van der Waals surface area (Å²) in [4.78, 5) is 16.2. The van der Waals surface area contributed by atoms with Gasteiger partial charge in [-0.25, -0.2) is 4.98 Å². The first kappa shape index (κ1) is 12.4. The highest BCUT2D eigenvalue weighted by Gasteiger charge is 2.16. The summed E-state index contributed by atoms with van der Waals surface area (Å²) in [5.74, 6) is -0.00586. The molecule has 0 unspecified atom stereocenters. The molecule has 0 aliphatic carbocycles. The van der Waals surface area contributed by atoms with Gasteiger partial charge in [0.15, 0.2) is 0 Å². The van der Waals surface area contributed by atoms with E-state index in [2.05, 4.69) is 10.3 Å². The van der Waals surface area contributed by atoms with E-state index in [1.54, 1.807) is 30.3 Å². The van der Waals surface area contributed by atoms with Gasteiger partial charge in [0.05, 0.1) is 5.52 Å². The second-order valence-electron chi connectivity index (χ2n) is 5.28. The number of benzene rings is 1. The van der Waals surface area contributed by atoms with E-state index < -0.39 is 0 Å². The predicted octanol–water partition coefficient (Wildman–Crippen LogP) is 2.47. The third-order valence-corrected chi connectivity index (χ3v) is 2.39. The Morgan fingerprint density at radius 2 is 1.94 bits per heavy atom. The van der Waals surface area contributed by atoms with Crippen molar-refractivity contribution in [2.75, 3.05) is 0 Å². The van der Waals surface area contributed by atoms with Gasteiger partial charge < -0.3 is 10.4 Å². The number of aromatic hydroxyl groups is 1. The van der Waals surface area contributed by atoms with Crippen molar-refractivity contribution >= 4 is 16.8 Å². The Hall–Kier alpha value is -2.10. The van der Waals surface area contributed by atoms with E-state index in [4.69, 9.17) is 0 Å². The summed E-state index contributed by atoms with van der Waals surface area (Å²) >= 11 is 0. The van der Waals surface area contributed by atoms with Crippen molar-refractivity contribution in [2.45, 2.75) is 26.3 Å². The third kappa shape index (κ3) is 2.77. The van der Waals surface area contributed by atoms with Crippen LogP contribution < -0.4 is 5.32 Å². The van der Waals surface area contributed by atoms with Crippen LogP contribution in [0, 0.1) is 0 Å². The van der Waals surface area contributed by atoms with Crippen LogP contribution in [0.5, 0.6) is 5.75 Å². The zero-order chi connectivity index (χ0) is 13.3. The first-order chi connectivity index (χ1) is 8.35. The highest BCUT2D eigenvalue weighted by molar-refractivity contribution is 5.95. The smallest absolute Gasteiger partial charge is 0.270 e. The summed E-state index contributed by atoms with van der Waals surface area (Å²) in [6.45, 7) is 5.76. The van der Waals surface area contributed by atoms with Gasteiger partial charge in [-0.15, -0.1) is 0 Å². The molecule has 94 valence electrons. The summed E-state index contributed by atoms with van der Waals surface area (Å²) < 4.78 is 0. The van der Waals surface area contributed by atoms with Gasteiger partial charge >= 0.3 is 0 Å². The normalized spacial score (nSPS) is 11.5. The van der Waals surface area contributed by atoms with Crippen LogP contribution in [-0.4, -0.2) is 21.5 Å². The molecule has 0 bridgehead atoms. The summed E-state index contributed by atoms with van der Waals surface area (Å²) in [5, 5.41) is 13.0. The number of carbonyl (C=O) groups is 1. The second kappa shape index (κ2) is 4.29. The standard InChI is InChI=1S/C14H16N2O2/c1-14(2,3)16-13(18)12-6-4-9-8-10(17)5-7-11(9)15-12/h4-8,17H,1-3H3,(H,16,18).